The number of aromatic nitrogens is 7. The quantitative estimate of drug-likeness (QED) is 0.183. The number of hydrogen-bond acceptors (Lipinski definition) is 12. The zero-order valence-electron chi connectivity index (χ0n) is 30.9. The van der Waals surface area contributed by atoms with Gasteiger partial charge in [-0.2, -0.15) is 9.78 Å². The summed E-state index contributed by atoms with van der Waals surface area (Å²) in [4.78, 5) is 34.7. The van der Waals surface area contributed by atoms with Gasteiger partial charge in [0.1, 0.15) is 12.1 Å². The molecule has 2 N–H and O–H groups in total. The number of nitrogens with one attached hydrogen (secondary N) is 2. The van der Waals surface area contributed by atoms with E-state index in [9.17, 15) is 14.0 Å². The molecule has 53 heavy (non-hydrogen) atoms. The van der Waals surface area contributed by atoms with Gasteiger partial charge in [0.2, 0.25) is 11.7 Å². The van der Waals surface area contributed by atoms with Crippen LogP contribution in [0.15, 0.2) is 69.9 Å². The lowest BCUT2D eigenvalue weighted by Crippen LogP contribution is -2.53. The Morgan fingerprint density at radius 3 is 2.51 bits per heavy atom. The van der Waals surface area contributed by atoms with Crippen molar-refractivity contribution in [1.29, 1.82) is 0 Å². The van der Waals surface area contributed by atoms with Crippen LogP contribution >= 0.6 is 0 Å². The van der Waals surface area contributed by atoms with Crippen molar-refractivity contribution in [3.05, 3.63) is 95.2 Å². The number of tetrazole rings is 1. The van der Waals surface area contributed by atoms with Gasteiger partial charge in [0, 0.05) is 58.6 Å². The maximum Gasteiger partial charge on any atom is 0.276 e. The Bertz CT molecular complexity index is 1910. The summed E-state index contributed by atoms with van der Waals surface area (Å²) in [6.45, 7) is 6.61. The van der Waals surface area contributed by atoms with E-state index >= 15 is 0 Å². The third kappa shape index (κ3) is 11.6. The first-order valence-electron chi connectivity index (χ1n) is 17.8. The van der Waals surface area contributed by atoms with Crippen LogP contribution in [0, 0.1) is 12.7 Å². The van der Waals surface area contributed by atoms with E-state index in [-0.39, 0.29) is 34.0 Å². The zero-order chi connectivity index (χ0) is 37.7. The molecule has 16 heteroatoms. The van der Waals surface area contributed by atoms with Crippen molar-refractivity contribution in [3.63, 3.8) is 0 Å². The molecular formula is C37H54FN11O4. The number of carbonyl (C=O) groups excluding carboxylic acids is 2. The molecule has 2 fully saturated rings. The number of likely N-dealkylation sites (tertiary alicyclic amines) is 1. The van der Waals surface area contributed by atoms with E-state index in [2.05, 4.69) is 48.3 Å². The summed E-state index contributed by atoms with van der Waals surface area (Å²) in [6.07, 6.45) is 6.84. The van der Waals surface area contributed by atoms with E-state index in [0.717, 1.165) is 56.3 Å². The highest BCUT2D eigenvalue weighted by molar-refractivity contribution is 5.95. The van der Waals surface area contributed by atoms with Gasteiger partial charge in [-0.1, -0.05) is 40.6 Å². The molecule has 2 aromatic carbocycles. The minimum atomic E-state index is -0.178. The molecular weight excluding hydrogens is 681 g/mol. The van der Waals surface area contributed by atoms with Crippen LogP contribution in [-0.2, 0) is 13.6 Å². The van der Waals surface area contributed by atoms with Gasteiger partial charge in [-0.05, 0) is 89.5 Å². The Hall–Kier alpha value is -5.35. The first-order valence-corrected chi connectivity index (χ1v) is 17.8. The summed E-state index contributed by atoms with van der Waals surface area (Å²) >= 11 is 0. The SMILES string of the molecule is CN(C)CCNC(=O)c1cccc(-c2noc(C3CC3)n2)c1.Cc1conc1C(=O)N1CCCC[C@H]1[C@@H](C)NCc1nnn(C)n1.Fc1ccccc1.[HH].[HH].[HH]. The molecule has 2 amide bonds. The fraction of sp³-hybridized carbons (Fsp3) is 0.459. The lowest BCUT2D eigenvalue weighted by molar-refractivity contribution is 0.0550. The number of carbonyl (C=O) groups is 2. The Labute approximate surface area is 312 Å². The maximum atomic E-state index is 12.8. The molecule has 1 saturated carbocycles. The topological polar surface area (TPSA) is 173 Å². The molecule has 2 aliphatic rings. The molecule has 7 rings (SSSR count). The molecule has 0 bridgehead atoms. The Kier molecular flexibility index (Phi) is 13.9. The Balaban J connectivity index is 0.000000316. The largest absolute Gasteiger partial charge is 0.364 e. The molecule has 15 nitrogen and oxygen atoms in total. The molecule has 288 valence electrons. The van der Waals surface area contributed by atoms with Gasteiger partial charge in [0.05, 0.1) is 13.6 Å². The third-order valence-corrected chi connectivity index (χ3v) is 8.80. The van der Waals surface area contributed by atoms with Crippen molar-refractivity contribution in [3.8, 4) is 11.4 Å². The smallest absolute Gasteiger partial charge is 0.276 e. The highest BCUT2D eigenvalue weighted by Crippen LogP contribution is 2.39. The third-order valence-electron chi connectivity index (χ3n) is 8.80. The molecule has 0 unspecified atom stereocenters. The van der Waals surface area contributed by atoms with Crippen molar-refractivity contribution in [2.75, 3.05) is 33.7 Å². The second kappa shape index (κ2) is 18.9. The molecule has 1 saturated heterocycles. The van der Waals surface area contributed by atoms with E-state index in [4.69, 9.17) is 9.05 Å². The second-order valence-corrected chi connectivity index (χ2v) is 13.4. The minimum absolute atomic E-state index is 0. The van der Waals surface area contributed by atoms with E-state index in [1.807, 2.05) is 43.0 Å². The van der Waals surface area contributed by atoms with Gasteiger partial charge in [-0.25, -0.2) is 4.39 Å². The van der Waals surface area contributed by atoms with Crippen LogP contribution in [0.2, 0.25) is 0 Å². The number of amides is 2. The molecule has 0 spiro atoms. The van der Waals surface area contributed by atoms with Gasteiger partial charge in [0.15, 0.2) is 11.5 Å². The van der Waals surface area contributed by atoms with Crippen molar-refractivity contribution < 1.29 is 27.3 Å². The van der Waals surface area contributed by atoms with Crippen molar-refractivity contribution >= 4 is 11.8 Å². The number of halogens is 1. The number of hydrogen-bond donors (Lipinski definition) is 2. The number of nitrogens with zero attached hydrogens (tertiary/aromatic N) is 9. The van der Waals surface area contributed by atoms with Gasteiger partial charge in [-0.15, -0.1) is 10.2 Å². The van der Waals surface area contributed by atoms with E-state index < -0.39 is 0 Å². The summed E-state index contributed by atoms with van der Waals surface area (Å²) in [5.74, 6) is 2.00. The molecule has 0 radical (unpaired) electrons. The highest BCUT2D eigenvalue weighted by atomic mass is 19.1. The van der Waals surface area contributed by atoms with Crippen LogP contribution in [-0.4, -0.2) is 103 Å². The summed E-state index contributed by atoms with van der Waals surface area (Å²) < 4.78 is 22.1. The average molecular weight is 736 g/mol. The summed E-state index contributed by atoms with van der Waals surface area (Å²) in [7, 11) is 5.68. The zero-order valence-corrected chi connectivity index (χ0v) is 30.9. The van der Waals surface area contributed by atoms with Crippen LogP contribution in [0.1, 0.15) is 87.4 Å². The molecule has 1 aliphatic heterocycles. The Morgan fingerprint density at radius 2 is 1.87 bits per heavy atom. The van der Waals surface area contributed by atoms with Gasteiger partial charge >= 0.3 is 0 Å². The number of likely N-dealkylation sites (N-methyl/N-ethyl adjacent to an activating group) is 1. The predicted octanol–water partition coefficient (Wildman–Crippen LogP) is 5.15. The van der Waals surface area contributed by atoms with Crippen molar-refractivity contribution in [2.24, 2.45) is 7.05 Å². The Morgan fingerprint density at radius 1 is 1.08 bits per heavy atom. The standard InChI is InChI=1S/C16H20N4O2.C15H23N7O2.C6H5F.3H2/c1-20(2)9-8-17-15(21)13-5-3-4-12(10-13)14-18-16(22-19-14)11-6-7-11;1-10-9-24-19-14(10)15(23)22-7-5-4-6-12(22)11(2)16-8-13-17-20-21(3)18-13;7-6-4-2-1-3-5-6;;;/h3-5,10-11H,6-9H2,1-2H3,(H,17,21);9,11-12,16H,4-8H2,1-3H3;1-5H;3*1H/t;11-,12+;;;;/m.1..../s1. The summed E-state index contributed by atoms with van der Waals surface area (Å²) in [5.41, 5.74) is 2.59. The van der Waals surface area contributed by atoms with Crippen LogP contribution in [0.5, 0.6) is 0 Å². The molecule has 4 heterocycles. The van der Waals surface area contributed by atoms with Crippen molar-refractivity contribution in [1.82, 2.24) is 55.9 Å². The van der Waals surface area contributed by atoms with Gasteiger partial charge < -0.3 is 29.5 Å². The lowest BCUT2D eigenvalue weighted by Gasteiger charge is -2.39. The van der Waals surface area contributed by atoms with Crippen LogP contribution < -0.4 is 10.6 Å². The fourth-order valence-corrected chi connectivity index (χ4v) is 5.70. The number of rotatable bonds is 11. The highest BCUT2D eigenvalue weighted by Gasteiger charge is 2.33. The monoisotopic (exact) mass is 735 g/mol. The van der Waals surface area contributed by atoms with E-state index in [0.29, 0.717) is 47.8 Å². The summed E-state index contributed by atoms with van der Waals surface area (Å²) in [5, 5.41) is 26.1. The van der Waals surface area contributed by atoms with Gasteiger partial charge in [0.25, 0.3) is 11.8 Å². The number of benzene rings is 2. The number of piperidine rings is 1. The fourth-order valence-electron chi connectivity index (χ4n) is 5.70. The molecule has 2 atom stereocenters. The summed E-state index contributed by atoms with van der Waals surface area (Å²) in [6, 6.07) is 15.5. The first kappa shape index (κ1) is 38.9. The first-order chi connectivity index (χ1) is 25.6. The minimum Gasteiger partial charge on any atom is -0.364 e. The maximum absolute atomic E-state index is 12.8. The lowest BCUT2D eigenvalue weighted by atomic mass is 9.95. The van der Waals surface area contributed by atoms with Crippen molar-refractivity contribution in [2.45, 2.75) is 70.5 Å². The predicted molar refractivity (Wildman–Crippen MR) is 200 cm³/mol. The molecule has 5 aromatic rings. The van der Waals surface area contributed by atoms with Crippen LogP contribution in [0.25, 0.3) is 11.4 Å². The average Bonchev–Trinajstić information content (AvgIpc) is 3.49. The molecule has 1 aliphatic carbocycles. The number of aryl methyl sites for hydroxylation is 2. The van der Waals surface area contributed by atoms with Crippen LogP contribution in [0.3, 0.4) is 0 Å². The van der Waals surface area contributed by atoms with Crippen LogP contribution in [0.4, 0.5) is 4.39 Å². The van der Waals surface area contributed by atoms with E-state index in [1.165, 1.54) is 23.2 Å². The van der Waals surface area contributed by atoms with Gasteiger partial charge in [-0.3, -0.25) is 9.59 Å². The molecule has 3 aromatic heterocycles. The normalized spacial score (nSPS) is 15.9. The van der Waals surface area contributed by atoms with E-state index in [1.54, 1.807) is 37.4 Å². The second-order valence-electron chi connectivity index (χ2n) is 13.4.